The summed E-state index contributed by atoms with van der Waals surface area (Å²) >= 11 is 0. The molecule has 14 heavy (non-hydrogen) atoms. The van der Waals surface area contributed by atoms with Crippen LogP contribution in [0.2, 0.25) is 0 Å². The van der Waals surface area contributed by atoms with Crippen molar-refractivity contribution in [3.8, 4) is 0 Å². The van der Waals surface area contributed by atoms with Gasteiger partial charge < -0.3 is 0 Å². The molecule has 0 fully saturated rings. The Bertz CT molecular complexity index is 400. The first kappa shape index (κ1) is 9.18. The van der Waals surface area contributed by atoms with E-state index in [1.54, 1.807) is 0 Å². The lowest BCUT2D eigenvalue weighted by molar-refractivity contribution is -0.117. The Kier molecular flexibility index (Phi) is 1.83. The van der Waals surface area contributed by atoms with E-state index in [4.69, 9.17) is 0 Å². The fraction of sp³-hybridized carbons (Fsp3) is 0.222. The van der Waals surface area contributed by atoms with E-state index in [1.807, 2.05) is 0 Å². The molecule has 0 saturated carbocycles. The molecule has 0 aromatic heterocycles. The largest absolute Gasteiger partial charge is 0.299 e. The molecule has 1 aliphatic carbocycles. The van der Waals surface area contributed by atoms with Gasteiger partial charge in [0.2, 0.25) is 0 Å². The van der Waals surface area contributed by atoms with Crippen LogP contribution in [0.5, 0.6) is 0 Å². The van der Waals surface area contributed by atoms with E-state index in [0.717, 1.165) is 0 Å². The molecule has 0 bridgehead atoms. The summed E-state index contributed by atoms with van der Waals surface area (Å²) in [6.45, 7) is 0. The van der Waals surface area contributed by atoms with Crippen LogP contribution in [0.1, 0.15) is 11.1 Å². The van der Waals surface area contributed by atoms with E-state index in [9.17, 15) is 22.4 Å². The zero-order valence-electron chi connectivity index (χ0n) is 6.83. The minimum Gasteiger partial charge on any atom is -0.299 e. The topological polar surface area (TPSA) is 17.1 Å². The molecular weight excluding hydrogens is 200 g/mol. The molecule has 0 aliphatic heterocycles. The lowest BCUT2D eigenvalue weighted by Gasteiger charge is -2.04. The highest BCUT2D eigenvalue weighted by atomic mass is 19.2. The first-order valence-electron chi connectivity index (χ1n) is 3.87. The molecular formula is C9H4F4O. The van der Waals surface area contributed by atoms with Crippen LogP contribution in [0.3, 0.4) is 0 Å². The highest BCUT2D eigenvalue weighted by Gasteiger charge is 2.31. The van der Waals surface area contributed by atoms with Crippen molar-refractivity contribution < 1.29 is 22.4 Å². The summed E-state index contributed by atoms with van der Waals surface area (Å²) in [5, 5.41) is 0. The van der Waals surface area contributed by atoms with Crippen molar-refractivity contribution in [2.75, 3.05) is 0 Å². The van der Waals surface area contributed by atoms with Crippen LogP contribution in [0.15, 0.2) is 0 Å². The summed E-state index contributed by atoms with van der Waals surface area (Å²) in [5.41, 5.74) is -0.710. The van der Waals surface area contributed by atoms with E-state index in [1.165, 1.54) is 0 Å². The number of carbonyl (C=O) groups is 1. The molecule has 1 aromatic rings. The molecule has 1 aliphatic rings. The Morgan fingerprint density at radius 3 is 1.43 bits per heavy atom. The predicted octanol–water partition coefficient (Wildman–Crippen LogP) is 1.91. The summed E-state index contributed by atoms with van der Waals surface area (Å²) in [6, 6.07) is 0. The zero-order chi connectivity index (χ0) is 10.5. The summed E-state index contributed by atoms with van der Waals surface area (Å²) < 4.78 is 51.3. The normalized spacial score (nSPS) is 14.7. The van der Waals surface area contributed by atoms with Crippen LogP contribution in [0.4, 0.5) is 17.6 Å². The molecule has 0 heterocycles. The number of Topliss-reactive ketones (excluding diaryl/α,β-unsaturated/α-hetero) is 1. The Morgan fingerprint density at radius 2 is 1.07 bits per heavy atom. The van der Waals surface area contributed by atoms with Gasteiger partial charge in [0.05, 0.1) is 0 Å². The number of hydrogen-bond acceptors (Lipinski definition) is 1. The van der Waals surface area contributed by atoms with Crippen molar-refractivity contribution in [3.05, 3.63) is 34.4 Å². The van der Waals surface area contributed by atoms with Gasteiger partial charge in [-0.2, -0.15) is 0 Å². The van der Waals surface area contributed by atoms with E-state index < -0.39 is 29.1 Å². The molecule has 0 N–H and O–H groups in total. The van der Waals surface area contributed by atoms with Crippen molar-refractivity contribution in [1.82, 2.24) is 0 Å². The Morgan fingerprint density at radius 1 is 0.714 bits per heavy atom. The smallest absolute Gasteiger partial charge is 0.197 e. The average Bonchev–Trinajstić information content (AvgIpc) is 2.54. The molecule has 0 amide bonds. The van der Waals surface area contributed by atoms with Crippen molar-refractivity contribution in [1.29, 1.82) is 0 Å². The van der Waals surface area contributed by atoms with E-state index in [0.29, 0.717) is 0 Å². The fourth-order valence-corrected chi connectivity index (χ4v) is 1.55. The third-order valence-electron chi connectivity index (χ3n) is 2.22. The van der Waals surface area contributed by atoms with Gasteiger partial charge >= 0.3 is 0 Å². The molecule has 5 heteroatoms. The molecule has 0 radical (unpaired) electrons. The maximum absolute atomic E-state index is 13.0. The van der Waals surface area contributed by atoms with Gasteiger partial charge in [0, 0.05) is 24.0 Å². The molecule has 1 nitrogen and oxygen atoms in total. The van der Waals surface area contributed by atoms with E-state index in [2.05, 4.69) is 0 Å². The molecule has 0 unspecified atom stereocenters. The highest BCUT2D eigenvalue weighted by molar-refractivity contribution is 5.88. The monoisotopic (exact) mass is 204 g/mol. The summed E-state index contributed by atoms with van der Waals surface area (Å²) in [7, 11) is 0. The van der Waals surface area contributed by atoms with Gasteiger partial charge in [-0.3, -0.25) is 4.79 Å². The molecule has 74 valence electrons. The second-order valence-electron chi connectivity index (χ2n) is 3.11. The van der Waals surface area contributed by atoms with Crippen molar-refractivity contribution in [3.63, 3.8) is 0 Å². The highest BCUT2D eigenvalue weighted by Crippen LogP contribution is 2.29. The SMILES string of the molecule is O=C1Cc2c(F)c(F)c(F)c(F)c2C1. The summed E-state index contributed by atoms with van der Waals surface area (Å²) in [5.74, 6) is -7.05. The number of halogens is 4. The maximum Gasteiger partial charge on any atom is 0.197 e. The van der Waals surface area contributed by atoms with Crippen LogP contribution in [0, 0.1) is 23.3 Å². The van der Waals surface area contributed by atoms with Crippen molar-refractivity contribution in [2.24, 2.45) is 0 Å². The third-order valence-corrected chi connectivity index (χ3v) is 2.22. The number of carbonyl (C=O) groups excluding carboxylic acids is 1. The fourth-order valence-electron chi connectivity index (χ4n) is 1.55. The molecule has 0 atom stereocenters. The summed E-state index contributed by atoms with van der Waals surface area (Å²) in [6.07, 6.45) is -0.732. The lowest BCUT2D eigenvalue weighted by atomic mass is 10.1. The minimum absolute atomic E-state index is 0.355. The zero-order valence-corrected chi connectivity index (χ0v) is 6.83. The number of rotatable bonds is 0. The van der Waals surface area contributed by atoms with Crippen molar-refractivity contribution >= 4 is 5.78 Å². The van der Waals surface area contributed by atoms with Crippen LogP contribution >= 0.6 is 0 Å². The average molecular weight is 204 g/mol. The lowest BCUT2D eigenvalue weighted by Crippen LogP contribution is -2.03. The van der Waals surface area contributed by atoms with Gasteiger partial charge in [0.25, 0.3) is 0 Å². The van der Waals surface area contributed by atoms with E-state index >= 15 is 0 Å². The van der Waals surface area contributed by atoms with Gasteiger partial charge in [-0.25, -0.2) is 17.6 Å². The van der Waals surface area contributed by atoms with Gasteiger partial charge in [-0.1, -0.05) is 0 Å². The first-order valence-corrected chi connectivity index (χ1v) is 3.87. The number of fused-ring (bicyclic) bond motifs is 1. The van der Waals surface area contributed by atoms with Gasteiger partial charge in [-0.05, 0) is 0 Å². The van der Waals surface area contributed by atoms with Gasteiger partial charge in [-0.15, -0.1) is 0 Å². The van der Waals surface area contributed by atoms with Crippen molar-refractivity contribution in [2.45, 2.75) is 12.8 Å². The molecule has 0 spiro atoms. The standard InChI is InChI=1S/C9H4F4O/c10-6-4-1-3(14)2-5(4)7(11)9(13)8(6)12/h1-2H2. The van der Waals surface area contributed by atoms with Gasteiger partial charge in [0.1, 0.15) is 5.78 Å². The van der Waals surface area contributed by atoms with Gasteiger partial charge in [0.15, 0.2) is 23.3 Å². The quantitative estimate of drug-likeness (QED) is 0.358. The molecule has 2 rings (SSSR count). The number of benzene rings is 1. The number of ketones is 1. The van der Waals surface area contributed by atoms with E-state index in [-0.39, 0.29) is 24.0 Å². The Labute approximate surface area is 76.3 Å². The van der Waals surface area contributed by atoms with Crippen LogP contribution in [-0.4, -0.2) is 5.78 Å². The Hall–Kier alpha value is -1.39. The summed E-state index contributed by atoms with van der Waals surface area (Å²) in [4.78, 5) is 10.8. The Balaban J connectivity index is 2.76. The van der Waals surface area contributed by atoms with Crippen LogP contribution in [0.25, 0.3) is 0 Å². The minimum atomic E-state index is -1.85. The number of hydrogen-bond donors (Lipinski definition) is 0. The van der Waals surface area contributed by atoms with Crippen LogP contribution in [-0.2, 0) is 17.6 Å². The molecule has 1 aromatic carbocycles. The third kappa shape index (κ3) is 1.05. The second kappa shape index (κ2) is 2.80. The first-order chi connectivity index (χ1) is 6.52. The van der Waals surface area contributed by atoms with Crippen LogP contribution < -0.4 is 0 Å². The maximum atomic E-state index is 13.0. The predicted molar refractivity (Wildman–Crippen MR) is 38.7 cm³/mol. The molecule has 0 saturated heterocycles. The second-order valence-corrected chi connectivity index (χ2v) is 3.11.